The number of hydrogen-bond donors (Lipinski definition) is 2. The quantitative estimate of drug-likeness (QED) is 0.569. The minimum absolute atomic E-state index is 0.117. The Kier molecular flexibility index (Phi) is 5.50. The van der Waals surface area contributed by atoms with E-state index in [2.05, 4.69) is 41.5 Å². The summed E-state index contributed by atoms with van der Waals surface area (Å²) in [4.78, 5) is 13.8. The van der Waals surface area contributed by atoms with Gasteiger partial charge < -0.3 is 14.9 Å². The van der Waals surface area contributed by atoms with Crippen LogP contribution in [0.4, 0.5) is 0 Å². The molecular weight excluding hydrogens is 352 g/mol. The molecule has 0 aromatic carbocycles. The van der Waals surface area contributed by atoms with Gasteiger partial charge in [0.15, 0.2) is 0 Å². The molecule has 0 spiro atoms. The second kappa shape index (κ2) is 6.97. The lowest BCUT2D eigenvalue weighted by Crippen LogP contribution is -2.67. The van der Waals surface area contributed by atoms with Crippen molar-refractivity contribution in [3.63, 3.8) is 0 Å². The van der Waals surface area contributed by atoms with Crippen molar-refractivity contribution in [2.24, 2.45) is 22.7 Å². The average molecular weight is 395 g/mol. The molecule has 0 heterocycles. The zero-order chi connectivity index (χ0) is 21.0. The topological polar surface area (TPSA) is 66.8 Å². The summed E-state index contributed by atoms with van der Waals surface area (Å²) < 4.78 is 6.38. The zero-order valence-electron chi connectivity index (χ0n) is 18.9. The van der Waals surface area contributed by atoms with Gasteiger partial charge in [0.1, 0.15) is 5.60 Å². The molecular formula is C24H42O4. The van der Waals surface area contributed by atoms with Crippen molar-refractivity contribution in [3.05, 3.63) is 0 Å². The van der Waals surface area contributed by atoms with Crippen molar-refractivity contribution in [2.45, 2.75) is 123 Å². The molecule has 0 saturated heterocycles. The first-order valence-corrected chi connectivity index (χ1v) is 11.5. The molecule has 4 nitrogen and oxygen atoms in total. The molecule has 4 atom stereocenters. The first-order valence-electron chi connectivity index (χ1n) is 11.5. The highest BCUT2D eigenvalue weighted by Gasteiger charge is 2.65. The molecule has 4 bridgehead atoms. The van der Waals surface area contributed by atoms with E-state index >= 15 is 0 Å². The van der Waals surface area contributed by atoms with Crippen LogP contribution in [0.2, 0.25) is 0 Å². The van der Waals surface area contributed by atoms with Crippen molar-refractivity contribution in [3.8, 4) is 0 Å². The number of carbonyl (C=O) groups is 1. The van der Waals surface area contributed by atoms with Crippen LogP contribution in [0.3, 0.4) is 0 Å². The molecule has 28 heavy (non-hydrogen) atoms. The minimum atomic E-state index is -0.875. The molecule has 0 radical (unpaired) electrons. The summed E-state index contributed by atoms with van der Waals surface area (Å²) >= 11 is 0. The lowest BCUT2D eigenvalue weighted by atomic mass is 9.50. The smallest absolute Gasteiger partial charge is 0.312 e. The van der Waals surface area contributed by atoms with Gasteiger partial charge in [-0.25, -0.2) is 0 Å². The zero-order valence-corrected chi connectivity index (χ0v) is 18.9. The highest BCUT2D eigenvalue weighted by atomic mass is 16.6. The summed E-state index contributed by atoms with van der Waals surface area (Å²) in [6, 6.07) is 0. The molecule has 4 saturated carbocycles. The molecule has 0 amide bonds. The van der Waals surface area contributed by atoms with E-state index in [9.17, 15) is 15.0 Å². The molecule has 4 aliphatic rings. The van der Waals surface area contributed by atoms with E-state index in [0.29, 0.717) is 25.2 Å². The van der Waals surface area contributed by atoms with E-state index in [1.165, 1.54) is 0 Å². The van der Waals surface area contributed by atoms with Gasteiger partial charge in [0.25, 0.3) is 0 Å². The number of rotatable bonds is 8. The van der Waals surface area contributed by atoms with Gasteiger partial charge in [-0.3, -0.25) is 4.79 Å². The number of hydrogen-bond acceptors (Lipinski definition) is 4. The maximum atomic E-state index is 13.8. The van der Waals surface area contributed by atoms with Crippen LogP contribution in [0.25, 0.3) is 0 Å². The van der Waals surface area contributed by atoms with Crippen LogP contribution in [0.5, 0.6) is 0 Å². The maximum absolute atomic E-state index is 13.8. The summed E-state index contributed by atoms with van der Waals surface area (Å²) in [5.74, 6) is 0.580. The second-order valence-corrected chi connectivity index (χ2v) is 11.3. The van der Waals surface area contributed by atoms with Crippen LogP contribution in [0.15, 0.2) is 0 Å². The van der Waals surface area contributed by atoms with E-state index in [-0.39, 0.29) is 17.3 Å². The molecule has 4 rings (SSSR count). The standard InChI is InChI=1S/C24H42O4/c1-7-17(4)10-21(6,20(5,8-2)9-3)19(25)28-24-13-18-11-22(26,15-24)14-23(27,12-18)16-24/h17-18,26-27H,7-16H2,1-6H3. The third kappa shape index (κ3) is 3.53. The van der Waals surface area contributed by atoms with Gasteiger partial charge in [0, 0.05) is 19.3 Å². The van der Waals surface area contributed by atoms with Crippen molar-refractivity contribution >= 4 is 5.97 Å². The van der Waals surface area contributed by atoms with Crippen LogP contribution < -0.4 is 0 Å². The molecule has 0 aromatic rings. The number of aliphatic hydroxyl groups is 2. The monoisotopic (exact) mass is 394 g/mol. The van der Waals surface area contributed by atoms with Crippen molar-refractivity contribution < 1.29 is 19.7 Å². The highest BCUT2D eigenvalue weighted by Crippen LogP contribution is 2.61. The maximum Gasteiger partial charge on any atom is 0.312 e. The largest absolute Gasteiger partial charge is 0.458 e. The summed E-state index contributed by atoms with van der Waals surface area (Å²) in [7, 11) is 0. The molecule has 4 aliphatic carbocycles. The summed E-state index contributed by atoms with van der Waals surface area (Å²) in [5.41, 5.74) is -3.15. The van der Waals surface area contributed by atoms with Crippen molar-refractivity contribution in [2.75, 3.05) is 0 Å². The van der Waals surface area contributed by atoms with Crippen LogP contribution in [-0.2, 0) is 9.53 Å². The predicted octanol–water partition coefficient (Wildman–Crippen LogP) is 5.00. The summed E-state index contributed by atoms with van der Waals surface area (Å²) in [5, 5.41) is 22.1. The number of ether oxygens (including phenoxy) is 1. The van der Waals surface area contributed by atoms with Gasteiger partial charge in [-0.05, 0) is 62.7 Å². The average Bonchev–Trinajstić information content (AvgIpc) is 2.56. The Labute approximate surface area is 171 Å². The molecule has 4 fully saturated rings. The van der Waals surface area contributed by atoms with E-state index in [1.807, 2.05) is 0 Å². The summed E-state index contributed by atoms with van der Waals surface area (Å²) in [6.45, 7) is 13.0. The van der Waals surface area contributed by atoms with E-state index < -0.39 is 22.2 Å². The Morgan fingerprint density at radius 1 is 1.04 bits per heavy atom. The second-order valence-electron chi connectivity index (χ2n) is 11.3. The SMILES string of the molecule is CCC(C)CC(C)(C(=O)OC12CC3CC(O)(CC(O)(C3)C1)C2)C(C)(CC)CC. The Balaban J connectivity index is 1.90. The van der Waals surface area contributed by atoms with E-state index in [0.717, 1.165) is 44.9 Å². The van der Waals surface area contributed by atoms with Gasteiger partial charge in [0.05, 0.1) is 16.6 Å². The Morgan fingerprint density at radius 2 is 1.57 bits per heavy atom. The first-order chi connectivity index (χ1) is 12.9. The van der Waals surface area contributed by atoms with Crippen molar-refractivity contribution in [1.29, 1.82) is 0 Å². The molecule has 162 valence electrons. The number of carbonyl (C=O) groups excluding carboxylic acids is 1. The van der Waals surface area contributed by atoms with Gasteiger partial charge in [-0.2, -0.15) is 0 Å². The molecule has 0 aliphatic heterocycles. The van der Waals surface area contributed by atoms with Gasteiger partial charge in [0.2, 0.25) is 0 Å². The predicted molar refractivity (Wildman–Crippen MR) is 111 cm³/mol. The Bertz CT molecular complexity index is 592. The van der Waals surface area contributed by atoms with E-state index in [1.54, 1.807) is 0 Å². The fraction of sp³-hybridized carbons (Fsp3) is 0.958. The van der Waals surface area contributed by atoms with Crippen LogP contribution in [0.1, 0.15) is 106 Å². The Morgan fingerprint density at radius 3 is 2.00 bits per heavy atom. The van der Waals surface area contributed by atoms with E-state index in [4.69, 9.17) is 4.74 Å². The third-order valence-corrected chi connectivity index (χ3v) is 9.06. The molecule has 4 heteroatoms. The first kappa shape index (κ1) is 22.1. The normalized spacial score (nSPS) is 40.2. The number of esters is 1. The Hall–Kier alpha value is -0.610. The fourth-order valence-corrected chi connectivity index (χ4v) is 7.12. The van der Waals surface area contributed by atoms with Crippen LogP contribution >= 0.6 is 0 Å². The lowest BCUT2D eigenvalue weighted by molar-refractivity contribution is -0.267. The molecule has 2 N–H and O–H groups in total. The molecule has 4 unspecified atom stereocenters. The third-order valence-electron chi connectivity index (χ3n) is 9.06. The van der Waals surface area contributed by atoms with Crippen LogP contribution in [-0.4, -0.2) is 33.0 Å². The lowest BCUT2D eigenvalue weighted by Gasteiger charge is -2.62. The highest BCUT2D eigenvalue weighted by molar-refractivity contribution is 5.78. The van der Waals surface area contributed by atoms with Gasteiger partial charge in [-0.1, -0.05) is 41.0 Å². The molecule has 0 aromatic heterocycles. The fourth-order valence-electron chi connectivity index (χ4n) is 7.12. The van der Waals surface area contributed by atoms with Crippen molar-refractivity contribution in [1.82, 2.24) is 0 Å². The van der Waals surface area contributed by atoms with Crippen LogP contribution in [0, 0.1) is 22.7 Å². The van der Waals surface area contributed by atoms with Gasteiger partial charge >= 0.3 is 5.97 Å². The minimum Gasteiger partial charge on any atom is -0.458 e. The van der Waals surface area contributed by atoms with Gasteiger partial charge in [-0.15, -0.1) is 0 Å². The summed E-state index contributed by atoms with van der Waals surface area (Å²) in [6.07, 6.45) is 7.37.